The molecule has 7 nitrogen and oxygen atoms in total. The number of hydrogen-bond donors (Lipinski definition) is 3. The summed E-state index contributed by atoms with van der Waals surface area (Å²) in [6, 6.07) is 11.9. The van der Waals surface area contributed by atoms with Crippen molar-refractivity contribution in [1.29, 1.82) is 0 Å². The van der Waals surface area contributed by atoms with Gasteiger partial charge in [-0.2, -0.15) is 13.2 Å². The van der Waals surface area contributed by atoms with Gasteiger partial charge >= 0.3 is 6.18 Å². The molecule has 0 spiro atoms. The van der Waals surface area contributed by atoms with E-state index >= 15 is 0 Å². The van der Waals surface area contributed by atoms with Gasteiger partial charge in [0.1, 0.15) is 12.3 Å². The topological polar surface area (TPSA) is 90.5 Å². The number of nitrogens with two attached hydrogens (primary N) is 1. The third kappa shape index (κ3) is 6.53. The lowest BCUT2D eigenvalue weighted by Gasteiger charge is -2.33. The van der Waals surface area contributed by atoms with E-state index in [0.717, 1.165) is 18.5 Å². The quantitative estimate of drug-likeness (QED) is 0.370. The lowest BCUT2D eigenvalue weighted by atomic mass is 9.99. The van der Waals surface area contributed by atoms with E-state index in [2.05, 4.69) is 22.5 Å². The van der Waals surface area contributed by atoms with E-state index in [-0.39, 0.29) is 30.5 Å². The van der Waals surface area contributed by atoms with Crippen molar-refractivity contribution >= 4 is 28.2 Å². The number of amides is 1. The van der Waals surface area contributed by atoms with Gasteiger partial charge in [0.05, 0.1) is 42.8 Å². The van der Waals surface area contributed by atoms with Crippen molar-refractivity contribution in [2.45, 2.75) is 57.7 Å². The van der Waals surface area contributed by atoms with Gasteiger partial charge in [-0.1, -0.05) is 12.0 Å². The van der Waals surface area contributed by atoms with E-state index < -0.39 is 18.6 Å². The zero-order valence-electron chi connectivity index (χ0n) is 21.5. The highest BCUT2D eigenvalue weighted by Crippen LogP contribution is 2.32. The second kappa shape index (κ2) is 11.3. The molecular formula is C28H31F3N4O3. The SMILES string of the molecule is COc1cc(C(N)=O)ccc1NCC#Cc1cc2c(N[C@H]3C[C@@H](C)O[C@@H](C)C3)cccc2n1CC(F)(F)F. The molecule has 0 aliphatic carbocycles. The number of primary amides is 1. The van der Waals surface area contributed by atoms with E-state index in [4.69, 9.17) is 15.2 Å². The predicted molar refractivity (Wildman–Crippen MR) is 142 cm³/mol. The molecule has 0 saturated carbocycles. The zero-order chi connectivity index (χ0) is 27.4. The van der Waals surface area contributed by atoms with Crippen LogP contribution in [0.1, 0.15) is 42.7 Å². The number of fused-ring (bicyclic) bond motifs is 1. The molecule has 4 rings (SSSR count). The Morgan fingerprint density at radius 3 is 2.55 bits per heavy atom. The Balaban J connectivity index is 1.60. The lowest BCUT2D eigenvalue weighted by molar-refractivity contribution is -0.140. The molecule has 3 atom stereocenters. The van der Waals surface area contributed by atoms with Crippen LogP contribution in [0.25, 0.3) is 10.9 Å². The van der Waals surface area contributed by atoms with Crippen molar-refractivity contribution in [2.75, 3.05) is 24.3 Å². The molecule has 1 aliphatic heterocycles. The van der Waals surface area contributed by atoms with Crippen LogP contribution in [0.2, 0.25) is 0 Å². The lowest BCUT2D eigenvalue weighted by Crippen LogP contribution is -2.36. The number of carbonyl (C=O) groups is 1. The summed E-state index contributed by atoms with van der Waals surface area (Å²) in [7, 11) is 1.46. The molecule has 1 amide bonds. The average Bonchev–Trinajstić information content (AvgIpc) is 3.18. The number of anilines is 2. The molecular weight excluding hydrogens is 497 g/mol. The monoisotopic (exact) mass is 528 g/mol. The van der Waals surface area contributed by atoms with Crippen LogP contribution >= 0.6 is 0 Å². The number of methoxy groups -OCH3 is 1. The molecule has 1 aliphatic rings. The highest BCUT2D eigenvalue weighted by atomic mass is 19.4. The third-order valence-corrected chi connectivity index (χ3v) is 6.41. The third-order valence-electron chi connectivity index (χ3n) is 6.41. The normalized spacial score (nSPS) is 19.5. The number of ether oxygens (including phenoxy) is 2. The molecule has 1 saturated heterocycles. The predicted octanol–water partition coefficient (Wildman–Crippen LogP) is 5.14. The molecule has 10 heteroatoms. The Morgan fingerprint density at radius 2 is 1.89 bits per heavy atom. The molecule has 3 aromatic rings. The first-order valence-corrected chi connectivity index (χ1v) is 12.4. The van der Waals surface area contributed by atoms with Crippen LogP contribution < -0.4 is 21.1 Å². The van der Waals surface area contributed by atoms with Crippen LogP contribution in [0.5, 0.6) is 5.75 Å². The molecule has 0 unspecified atom stereocenters. The summed E-state index contributed by atoms with van der Waals surface area (Å²) < 4.78 is 52.8. The van der Waals surface area contributed by atoms with Crippen molar-refractivity contribution < 1.29 is 27.4 Å². The molecule has 0 bridgehead atoms. The Hall–Kier alpha value is -3.84. The van der Waals surface area contributed by atoms with Crippen molar-refractivity contribution in [3.8, 4) is 17.6 Å². The number of alkyl halides is 3. The second-order valence-electron chi connectivity index (χ2n) is 9.47. The highest BCUT2D eigenvalue weighted by Gasteiger charge is 2.30. The molecule has 38 heavy (non-hydrogen) atoms. The fraction of sp³-hybridized carbons (Fsp3) is 0.393. The first-order valence-electron chi connectivity index (χ1n) is 12.4. The van der Waals surface area contributed by atoms with Gasteiger partial charge in [0.15, 0.2) is 0 Å². The van der Waals surface area contributed by atoms with Crippen LogP contribution in [0.15, 0.2) is 42.5 Å². The summed E-state index contributed by atoms with van der Waals surface area (Å²) >= 11 is 0. The smallest absolute Gasteiger partial charge is 0.406 e. The van der Waals surface area contributed by atoms with Crippen molar-refractivity contribution in [1.82, 2.24) is 4.57 Å². The standard InChI is InChI=1S/C28H31F3N4O3/c1-17-12-20(13-18(2)38-17)34-23-7-4-8-25-22(23)15-21(35(25)16-28(29,30)31)6-5-11-33-24-10-9-19(27(32)36)14-26(24)37-3/h4,7-10,14-15,17-18,20,33-34H,11-13,16H2,1-3H3,(H2,32,36)/t17-,18+,20+. The van der Waals surface area contributed by atoms with Gasteiger partial charge in [-0.05, 0) is 69.0 Å². The number of nitrogens with one attached hydrogen (secondary N) is 2. The van der Waals surface area contributed by atoms with Crippen LogP contribution in [0.4, 0.5) is 24.5 Å². The van der Waals surface area contributed by atoms with Gasteiger partial charge in [-0.25, -0.2) is 0 Å². The molecule has 2 aromatic carbocycles. The first-order chi connectivity index (χ1) is 18.0. The second-order valence-corrected chi connectivity index (χ2v) is 9.47. The minimum Gasteiger partial charge on any atom is -0.495 e. The minimum absolute atomic E-state index is 0.102. The Labute approximate surface area is 219 Å². The number of carbonyl (C=O) groups excluding carboxylic acids is 1. The maximum Gasteiger partial charge on any atom is 0.406 e. The summed E-state index contributed by atoms with van der Waals surface area (Å²) in [5.41, 5.74) is 7.68. The molecule has 1 aromatic heterocycles. The molecule has 4 N–H and O–H groups in total. The van der Waals surface area contributed by atoms with Gasteiger partial charge in [0, 0.05) is 22.7 Å². The molecule has 1 fully saturated rings. The summed E-state index contributed by atoms with van der Waals surface area (Å²) in [6.07, 6.45) is -2.58. The average molecular weight is 529 g/mol. The largest absolute Gasteiger partial charge is 0.495 e. The number of benzene rings is 2. The number of halogens is 3. The van der Waals surface area contributed by atoms with Gasteiger partial charge in [0.25, 0.3) is 0 Å². The zero-order valence-corrected chi connectivity index (χ0v) is 21.5. The molecule has 202 valence electrons. The molecule has 2 heterocycles. The highest BCUT2D eigenvalue weighted by molar-refractivity contribution is 5.94. The van der Waals surface area contributed by atoms with Crippen molar-refractivity contribution in [2.24, 2.45) is 5.73 Å². The van der Waals surface area contributed by atoms with Crippen LogP contribution in [0, 0.1) is 11.8 Å². The van der Waals surface area contributed by atoms with Gasteiger partial charge < -0.3 is 30.4 Å². The maximum atomic E-state index is 13.5. The van der Waals surface area contributed by atoms with Gasteiger partial charge in [-0.15, -0.1) is 0 Å². The van der Waals surface area contributed by atoms with E-state index in [1.54, 1.807) is 30.3 Å². The summed E-state index contributed by atoms with van der Waals surface area (Å²) in [5.74, 6) is 5.62. The number of nitrogens with zero attached hydrogens (tertiary/aromatic N) is 1. The minimum atomic E-state index is -4.41. The Bertz CT molecular complexity index is 1360. The van der Waals surface area contributed by atoms with Crippen molar-refractivity contribution in [3.63, 3.8) is 0 Å². The number of rotatable bonds is 7. The fourth-order valence-corrected chi connectivity index (χ4v) is 4.87. The number of hydrogen-bond acceptors (Lipinski definition) is 5. The van der Waals surface area contributed by atoms with Crippen LogP contribution in [-0.2, 0) is 11.3 Å². The first kappa shape index (κ1) is 27.2. The van der Waals surface area contributed by atoms with E-state index in [0.29, 0.717) is 27.9 Å². The van der Waals surface area contributed by atoms with E-state index in [1.165, 1.54) is 17.7 Å². The van der Waals surface area contributed by atoms with Crippen molar-refractivity contribution in [3.05, 3.63) is 53.7 Å². The van der Waals surface area contributed by atoms with Crippen LogP contribution in [0.3, 0.4) is 0 Å². The van der Waals surface area contributed by atoms with Gasteiger partial charge in [0.2, 0.25) is 5.91 Å². The summed E-state index contributed by atoms with van der Waals surface area (Å²) in [6.45, 7) is 3.04. The Morgan fingerprint density at radius 1 is 1.16 bits per heavy atom. The Kier molecular flexibility index (Phi) is 8.07. The van der Waals surface area contributed by atoms with Gasteiger partial charge in [-0.3, -0.25) is 4.79 Å². The maximum absolute atomic E-state index is 13.5. The van der Waals surface area contributed by atoms with E-state index in [9.17, 15) is 18.0 Å². The van der Waals surface area contributed by atoms with E-state index in [1.807, 2.05) is 19.9 Å². The number of aromatic nitrogens is 1. The summed E-state index contributed by atoms with van der Waals surface area (Å²) in [5, 5.41) is 7.27. The molecule has 0 radical (unpaired) electrons. The fourth-order valence-electron chi connectivity index (χ4n) is 4.87. The summed E-state index contributed by atoms with van der Waals surface area (Å²) in [4.78, 5) is 11.4. The van der Waals surface area contributed by atoms with Crippen LogP contribution in [-0.4, -0.2) is 48.6 Å².